The summed E-state index contributed by atoms with van der Waals surface area (Å²) in [7, 11) is 0. The van der Waals surface area contributed by atoms with Crippen LogP contribution in [0.2, 0.25) is 0 Å². The molecule has 2 rings (SSSR count). The van der Waals surface area contributed by atoms with Gasteiger partial charge >= 0.3 is 0 Å². The summed E-state index contributed by atoms with van der Waals surface area (Å²) in [5, 5.41) is 6.53. The smallest absolute Gasteiger partial charge is 0.270 e. The lowest BCUT2D eigenvalue weighted by Crippen LogP contribution is -2.54. The molecule has 4 heteroatoms. The Labute approximate surface area is 108 Å². The van der Waals surface area contributed by atoms with Gasteiger partial charge in [-0.2, -0.15) is 0 Å². The molecule has 0 radical (unpaired) electrons. The number of nitrogens with one attached hydrogen (secondary N) is 2. The molecule has 1 fully saturated rings. The predicted molar refractivity (Wildman–Crippen MR) is 71.6 cm³/mol. The molecule has 2 heterocycles. The van der Waals surface area contributed by atoms with Gasteiger partial charge in [0.15, 0.2) is 0 Å². The molecule has 1 aromatic rings. The van der Waals surface area contributed by atoms with Crippen LogP contribution in [-0.4, -0.2) is 29.5 Å². The van der Waals surface area contributed by atoms with Crippen molar-refractivity contribution in [2.45, 2.75) is 38.6 Å². The molecule has 1 aliphatic heterocycles. The van der Waals surface area contributed by atoms with Crippen LogP contribution in [0.25, 0.3) is 0 Å². The maximum Gasteiger partial charge on any atom is 0.270 e. The van der Waals surface area contributed by atoms with E-state index in [4.69, 9.17) is 0 Å². The summed E-state index contributed by atoms with van der Waals surface area (Å²) in [6, 6.07) is 3.77. The first-order chi connectivity index (χ1) is 8.67. The molecule has 4 nitrogen and oxygen atoms in total. The molecule has 2 N–H and O–H groups in total. The third kappa shape index (κ3) is 2.70. The van der Waals surface area contributed by atoms with E-state index >= 15 is 0 Å². The standard InChI is InChI=1S/C14H21N3O/c1-3-14(6-9-15-10-7-14)17-13(18)12-11(2)5-4-8-16-12/h4-5,8,15H,3,6-7,9-10H2,1-2H3,(H,17,18). The number of carbonyl (C=O) groups excluding carboxylic acids is 1. The highest BCUT2D eigenvalue weighted by atomic mass is 16.2. The van der Waals surface area contributed by atoms with Crippen LogP contribution >= 0.6 is 0 Å². The second-order valence-corrected chi connectivity index (χ2v) is 5.01. The van der Waals surface area contributed by atoms with Crippen molar-refractivity contribution in [3.63, 3.8) is 0 Å². The monoisotopic (exact) mass is 247 g/mol. The van der Waals surface area contributed by atoms with Crippen molar-refractivity contribution in [3.8, 4) is 0 Å². The second-order valence-electron chi connectivity index (χ2n) is 5.01. The van der Waals surface area contributed by atoms with Gasteiger partial charge in [-0.15, -0.1) is 0 Å². The molecular formula is C14H21N3O. The molecule has 1 aliphatic rings. The molecule has 0 unspecified atom stereocenters. The van der Waals surface area contributed by atoms with Crippen LogP contribution in [0.4, 0.5) is 0 Å². The molecule has 0 aromatic carbocycles. The Morgan fingerprint density at radius 2 is 2.22 bits per heavy atom. The Bertz CT molecular complexity index is 425. The third-order valence-electron chi connectivity index (χ3n) is 3.84. The van der Waals surface area contributed by atoms with Gasteiger partial charge in [-0.3, -0.25) is 9.78 Å². The molecule has 1 amide bonds. The number of amides is 1. The molecule has 18 heavy (non-hydrogen) atoms. The van der Waals surface area contributed by atoms with Crippen LogP contribution in [0.3, 0.4) is 0 Å². The lowest BCUT2D eigenvalue weighted by atomic mass is 9.85. The number of pyridine rings is 1. The van der Waals surface area contributed by atoms with Crippen LogP contribution in [0.15, 0.2) is 18.3 Å². The van der Waals surface area contributed by atoms with E-state index in [0.717, 1.165) is 37.9 Å². The van der Waals surface area contributed by atoms with Gasteiger partial charge in [-0.1, -0.05) is 13.0 Å². The van der Waals surface area contributed by atoms with E-state index in [0.29, 0.717) is 5.69 Å². The fourth-order valence-electron chi connectivity index (χ4n) is 2.50. The highest BCUT2D eigenvalue weighted by molar-refractivity contribution is 5.94. The van der Waals surface area contributed by atoms with E-state index in [1.807, 2.05) is 19.1 Å². The number of carbonyl (C=O) groups is 1. The highest BCUT2D eigenvalue weighted by Crippen LogP contribution is 2.22. The van der Waals surface area contributed by atoms with Crippen molar-refractivity contribution >= 4 is 5.91 Å². The van der Waals surface area contributed by atoms with Crippen LogP contribution in [0.1, 0.15) is 42.2 Å². The molecule has 0 spiro atoms. The maximum atomic E-state index is 12.3. The van der Waals surface area contributed by atoms with E-state index < -0.39 is 0 Å². The lowest BCUT2D eigenvalue weighted by molar-refractivity contribution is 0.0865. The highest BCUT2D eigenvalue weighted by Gasteiger charge is 2.32. The van der Waals surface area contributed by atoms with Crippen LogP contribution in [0.5, 0.6) is 0 Å². The summed E-state index contributed by atoms with van der Waals surface area (Å²) in [4.78, 5) is 16.5. The average Bonchev–Trinajstić information content (AvgIpc) is 2.40. The first-order valence-corrected chi connectivity index (χ1v) is 6.62. The van der Waals surface area contributed by atoms with Crippen molar-refractivity contribution in [1.82, 2.24) is 15.6 Å². The number of rotatable bonds is 3. The molecule has 0 bridgehead atoms. The van der Waals surface area contributed by atoms with Crippen molar-refractivity contribution < 1.29 is 4.79 Å². The quantitative estimate of drug-likeness (QED) is 0.854. The van der Waals surface area contributed by atoms with Gasteiger partial charge < -0.3 is 10.6 Å². The molecule has 1 aromatic heterocycles. The number of piperidine rings is 1. The van der Waals surface area contributed by atoms with Crippen LogP contribution in [-0.2, 0) is 0 Å². The van der Waals surface area contributed by atoms with Gasteiger partial charge in [0.2, 0.25) is 0 Å². The van der Waals surface area contributed by atoms with E-state index in [9.17, 15) is 4.79 Å². The van der Waals surface area contributed by atoms with Gasteiger partial charge in [0.05, 0.1) is 0 Å². The first kappa shape index (κ1) is 13.0. The van der Waals surface area contributed by atoms with Gasteiger partial charge in [0.25, 0.3) is 5.91 Å². The minimum Gasteiger partial charge on any atom is -0.345 e. The zero-order valence-corrected chi connectivity index (χ0v) is 11.1. The fraction of sp³-hybridized carbons (Fsp3) is 0.571. The normalized spacial score (nSPS) is 18.3. The lowest BCUT2D eigenvalue weighted by Gasteiger charge is -2.37. The van der Waals surface area contributed by atoms with E-state index in [2.05, 4.69) is 22.5 Å². The Hall–Kier alpha value is -1.42. The Kier molecular flexibility index (Phi) is 3.97. The van der Waals surface area contributed by atoms with Crippen LogP contribution < -0.4 is 10.6 Å². The number of nitrogens with zero attached hydrogens (tertiary/aromatic N) is 1. The van der Waals surface area contributed by atoms with Crippen molar-refractivity contribution in [2.75, 3.05) is 13.1 Å². The average molecular weight is 247 g/mol. The fourth-order valence-corrected chi connectivity index (χ4v) is 2.50. The largest absolute Gasteiger partial charge is 0.345 e. The Morgan fingerprint density at radius 3 is 2.83 bits per heavy atom. The zero-order valence-electron chi connectivity index (χ0n) is 11.1. The molecule has 98 valence electrons. The van der Waals surface area contributed by atoms with Gasteiger partial charge in [0.1, 0.15) is 5.69 Å². The number of aromatic nitrogens is 1. The predicted octanol–water partition coefficient (Wildman–Crippen LogP) is 1.65. The number of hydrogen-bond donors (Lipinski definition) is 2. The van der Waals surface area contributed by atoms with Crippen molar-refractivity contribution in [2.24, 2.45) is 0 Å². The molecule has 0 aliphatic carbocycles. The SMILES string of the molecule is CCC1(NC(=O)c2ncccc2C)CCNCC1. The van der Waals surface area contributed by atoms with Gasteiger partial charge in [-0.05, 0) is 50.9 Å². The Balaban J connectivity index is 2.13. The summed E-state index contributed by atoms with van der Waals surface area (Å²) in [5.41, 5.74) is 1.41. The minimum atomic E-state index is -0.0632. The van der Waals surface area contributed by atoms with Gasteiger partial charge in [-0.25, -0.2) is 0 Å². The first-order valence-electron chi connectivity index (χ1n) is 6.62. The van der Waals surface area contributed by atoms with E-state index in [1.54, 1.807) is 6.20 Å². The third-order valence-corrected chi connectivity index (χ3v) is 3.84. The zero-order chi connectivity index (χ0) is 13.0. The van der Waals surface area contributed by atoms with Crippen molar-refractivity contribution in [1.29, 1.82) is 0 Å². The molecule has 1 saturated heterocycles. The number of hydrogen-bond acceptors (Lipinski definition) is 3. The van der Waals surface area contributed by atoms with Crippen molar-refractivity contribution in [3.05, 3.63) is 29.6 Å². The second kappa shape index (κ2) is 5.48. The summed E-state index contributed by atoms with van der Waals surface area (Å²) < 4.78 is 0. The molecular weight excluding hydrogens is 226 g/mol. The maximum absolute atomic E-state index is 12.3. The summed E-state index contributed by atoms with van der Waals surface area (Å²) in [6.45, 7) is 5.99. The van der Waals surface area contributed by atoms with E-state index in [-0.39, 0.29) is 11.4 Å². The van der Waals surface area contributed by atoms with E-state index in [1.165, 1.54) is 0 Å². The summed E-state index contributed by atoms with van der Waals surface area (Å²) in [6.07, 6.45) is 4.61. The molecule has 0 saturated carbocycles. The van der Waals surface area contributed by atoms with Crippen LogP contribution in [0, 0.1) is 6.92 Å². The summed E-state index contributed by atoms with van der Waals surface area (Å²) >= 11 is 0. The summed E-state index contributed by atoms with van der Waals surface area (Å²) in [5.74, 6) is -0.0446. The number of aryl methyl sites for hydroxylation is 1. The molecule has 0 atom stereocenters. The topological polar surface area (TPSA) is 54.0 Å². The van der Waals surface area contributed by atoms with Gasteiger partial charge in [0, 0.05) is 11.7 Å². The Morgan fingerprint density at radius 1 is 1.50 bits per heavy atom. The minimum absolute atomic E-state index is 0.0446.